The van der Waals surface area contributed by atoms with Crippen LogP contribution in [0.4, 0.5) is 0 Å². The van der Waals surface area contributed by atoms with Crippen molar-refractivity contribution in [3.8, 4) is 0 Å². The van der Waals surface area contributed by atoms with E-state index in [1.165, 1.54) is 57.8 Å². The molecule has 0 aromatic rings. The smallest absolute Gasteiger partial charge is 0.207 e. The molecule has 3 heteroatoms. The largest absolute Gasteiger partial charge is 0.359 e. The van der Waals surface area contributed by atoms with Crippen molar-refractivity contribution in [1.82, 2.24) is 5.32 Å². The van der Waals surface area contributed by atoms with E-state index in [1.54, 1.807) is 0 Å². The number of carbonyl (C=O) groups is 1. The van der Waals surface area contributed by atoms with Crippen molar-refractivity contribution in [2.75, 3.05) is 13.1 Å². The highest BCUT2D eigenvalue weighted by Crippen LogP contribution is 2.09. The minimum atomic E-state index is 0.779. The van der Waals surface area contributed by atoms with E-state index in [2.05, 4.69) is 5.32 Å². The fraction of sp³-hybridized carbons (Fsp3) is 0.923. The van der Waals surface area contributed by atoms with Gasteiger partial charge in [-0.15, -0.1) is 0 Å². The number of amides is 1. The molecule has 0 saturated carbocycles. The first-order valence-electron chi connectivity index (χ1n) is 6.79. The SMILES string of the molecule is NCCCCCCCCCCCCNC=O. The van der Waals surface area contributed by atoms with Crippen molar-refractivity contribution in [3.05, 3.63) is 0 Å². The van der Waals surface area contributed by atoms with Crippen LogP contribution in [0.1, 0.15) is 64.2 Å². The van der Waals surface area contributed by atoms with Gasteiger partial charge in [-0.2, -0.15) is 0 Å². The van der Waals surface area contributed by atoms with Crippen molar-refractivity contribution >= 4 is 6.41 Å². The molecule has 0 bridgehead atoms. The molecule has 96 valence electrons. The molecule has 0 radical (unpaired) electrons. The normalized spacial score (nSPS) is 10.3. The summed E-state index contributed by atoms with van der Waals surface area (Å²) >= 11 is 0. The van der Waals surface area contributed by atoms with Gasteiger partial charge in [0.2, 0.25) is 6.41 Å². The van der Waals surface area contributed by atoms with Crippen LogP contribution in [0.5, 0.6) is 0 Å². The van der Waals surface area contributed by atoms with Crippen molar-refractivity contribution in [1.29, 1.82) is 0 Å². The van der Waals surface area contributed by atoms with Crippen LogP contribution >= 0.6 is 0 Å². The van der Waals surface area contributed by atoms with Gasteiger partial charge in [-0.05, 0) is 19.4 Å². The molecule has 0 fully saturated rings. The third-order valence-corrected chi connectivity index (χ3v) is 2.86. The fourth-order valence-electron chi connectivity index (χ4n) is 1.84. The Morgan fingerprint density at radius 1 is 0.750 bits per heavy atom. The second kappa shape index (κ2) is 14.4. The molecular weight excluding hydrogens is 200 g/mol. The molecule has 0 aromatic carbocycles. The highest BCUT2D eigenvalue weighted by Gasteiger charge is 1.92. The molecule has 0 rings (SSSR count). The topological polar surface area (TPSA) is 55.1 Å². The number of nitrogens with one attached hydrogen (secondary N) is 1. The van der Waals surface area contributed by atoms with E-state index < -0.39 is 0 Å². The third-order valence-electron chi connectivity index (χ3n) is 2.86. The van der Waals surface area contributed by atoms with Crippen LogP contribution in [0.2, 0.25) is 0 Å². The lowest BCUT2D eigenvalue weighted by molar-refractivity contribution is -0.109. The van der Waals surface area contributed by atoms with E-state index in [-0.39, 0.29) is 0 Å². The number of carbonyl (C=O) groups excluding carboxylic acids is 1. The van der Waals surface area contributed by atoms with Gasteiger partial charge in [0.1, 0.15) is 0 Å². The summed E-state index contributed by atoms with van der Waals surface area (Å²) in [7, 11) is 0. The predicted octanol–water partition coefficient (Wildman–Crippen LogP) is 2.59. The van der Waals surface area contributed by atoms with Crippen LogP contribution < -0.4 is 11.1 Å². The molecule has 3 nitrogen and oxygen atoms in total. The average Bonchev–Trinajstić information content (AvgIpc) is 2.31. The zero-order valence-electron chi connectivity index (χ0n) is 10.5. The number of rotatable bonds is 13. The molecule has 0 spiro atoms. The van der Waals surface area contributed by atoms with Crippen molar-refractivity contribution in [2.24, 2.45) is 5.73 Å². The van der Waals surface area contributed by atoms with E-state index in [0.717, 1.165) is 25.9 Å². The van der Waals surface area contributed by atoms with Crippen LogP contribution in [0.15, 0.2) is 0 Å². The number of hydrogen-bond donors (Lipinski definition) is 2. The zero-order valence-corrected chi connectivity index (χ0v) is 10.5. The lowest BCUT2D eigenvalue weighted by Gasteiger charge is -2.02. The summed E-state index contributed by atoms with van der Waals surface area (Å²) in [6.07, 6.45) is 13.7. The molecule has 0 aliphatic rings. The average molecular weight is 228 g/mol. The summed E-state index contributed by atoms with van der Waals surface area (Å²) in [5.74, 6) is 0. The molecule has 0 aliphatic heterocycles. The van der Waals surface area contributed by atoms with Crippen LogP contribution in [-0.2, 0) is 4.79 Å². The van der Waals surface area contributed by atoms with E-state index in [0.29, 0.717) is 0 Å². The summed E-state index contributed by atoms with van der Waals surface area (Å²) in [5, 5.41) is 2.69. The quantitative estimate of drug-likeness (QED) is 0.376. The Balaban J connectivity index is 2.85. The molecule has 0 atom stereocenters. The van der Waals surface area contributed by atoms with E-state index in [4.69, 9.17) is 5.73 Å². The second-order valence-corrected chi connectivity index (χ2v) is 4.40. The Morgan fingerprint density at radius 2 is 1.19 bits per heavy atom. The molecule has 0 aliphatic carbocycles. The van der Waals surface area contributed by atoms with E-state index in [1.807, 2.05) is 0 Å². The van der Waals surface area contributed by atoms with Gasteiger partial charge in [0.15, 0.2) is 0 Å². The van der Waals surface area contributed by atoms with E-state index in [9.17, 15) is 4.79 Å². The van der Waals surface area contributed by atoms with Gasteiger partial charge in [-0.1, -0.05) is 51.4 Å². The van der Waals surface area contributed by atoms with Crippen LogP contribution in [0.3, 0.4) is 0 Å². The monoisotopic (exact) mass is 228 g/mol. The number of unbranched alkanes of at least 4 members (excludes halogenated alkanes) is 9. The van der Waals surface area contributed by atoms with Gasteiger partial charge in [0.05, 0.1) is 0 Å². The van der Waals surface area contributed by atoms with Crippen LogP contribution in [0, 0.1) is 0 Å². The van der Waals surface area contributed by atoms with E-state index >= 15 is 0 Å². The second-order valence-electron chi connectivity index (χ2n) is 4.40. The lowest BCUT2D eigenvalue weighted by Crippen LogP contribution is -2.11. The third kappa shape index (κ3) is 13.4. The van der Waals surface area contributed by atoms with Crippen molar-refractivity contribution in [2.45, 2.75) is 64.2 Å². The van der Waals surface area contributed by atoms with Gasteiger partial charge in [0.25, 0.3) is 0 Å². The minimum Gasteiger partial charge on any atom is -0.359 e. The molecular formula is C13H28N2O. The number of nitrogens with two attached hydrogens (primary N) is 1. The maximum absolute atomic E-state index is 9.97. The first-order chi connectivity index (χ1) is 7.91. The Labute approximate surface area is 100 Å². The van der Waals surface area contributed by atoms with Crippen molar-refractivity contribution in [3.63, 3.8) is 0 Å². The fourth-order valence-corrected chi connectivity index (χ4v) is 1.84. The van der Waals surface area contributed by atoms with Crippen molar-refractivity contribution < 1.29 is 4.79 Å². The highest BCUT2D eigenvalue weighted by molar-refractivity contribution is 5.45. The standard InChI is InChI=1S/C13H28N2O/c14-11-9-7-5-3-1-2-4-6-8-10-12-15-13-16/h13H,1-12,14H2,(H,15,16). The van der Waals surface area contributed by atoms with Gasteiger partial charge < -0.3 is 11.1 Å². The first-order valence-corrected chi connectivity index (χ1v) is 6.79. The highest BCUT2D eigenvalue weighted by atomic mass is 16.1. The van der Waals surface area contributed by atoms with Gasteiger partial charge in [-0.3, -0.25) is 4.79 Å². The molecule has 0 aromatic heterocycles. The van der Waals surface area contributed by atoms with Gasteiger partial charge in [-0.25, -0.2) is 0 Å². The van der Waals surface area contributed by atoms with Crippen LogP contribution in [0.25, 0.3) is 0 Å². The summed E-state index contributed by atoms with van der Waals surface area (Å²) in [4.78, 5) is 9.97. The molecule has 16 heavy (non-hydrogen) atoms. The van der Waals surface area contributed by atoms with Gasteiger partial charge >= 0.3 is 0 Å². The number of hydrogen-bond acceptors (Lipinski definition) is 2. The summed E-state index contributed by atoms with van der Waals surface area (Å²) in [5.41, 5.74) is 5.43. The zero-order chi connectivity index (χ0) is 11.9. The Kier molecular flexibility index (Phi) is 13.9. The Hall–Kier alpha value is -0.570. The first kappa shape index (κ1) is 15.4. The summed E-state index contributed by atoms with van der Waals surface area (Å²) in [6.45, 7) is 1.68. The Morgan fingerprint density at radius 3 is 1.62 bits per heavy atom. The minimum absolute atomic E-state index is 0.779. The summed E-state index contributed by atoms with van der Waals surface area (Å²) < 4.78 is 0. The maximum atomic E-state index is 9.97. The summed E-state index contributed by atoms with van der Waals surface area (Å²) in [6, 6.07) is 0. The maximum Gasteiger partial charge on any atom is 0.207 e. The predicted molar refractivity (Wildman–Crippen MR) is 69.3 cm³/mol. The molecule has 0 unspecified atom stereocenters. The van der Waals surface area contributed by atoms with Crippen LogP contribution in [-0.4, -0.2) is 19.5 Å². The van der Waals surface area contributed by atoms with Gasteiger partial charge in [0, 0.05) is 6.54 Å². The Bertz CT molecular complexity index is 140. The molecule has 3 N–H and O–H groups in total. The molecule has 0 saturated heterocycles. The molecule has 0 heterocycles. The lowest BCUT2D eigenvalue weighted by atomic mass is 10.1. The molecule has 1 amide bonds.